The number of thioether (sulfide) groups is 1. The van der Waals surface area contributed by atoms with E-state index in [2.05, 4.69) is 4.98 Å². The fraction of sp³-hybridized carbons (Fsp3) is 0.278. The number of aromatic nitrogens is 2. The van der Waals surface area contributed by atoms with E-state index in [9.17, 15) is 9.59 Å². The highest BCUT2D eigenvalue weighted by Crippen LogP contribution is 2.22. The molecule has 0 fully saturated rings. The van der Waals surface area contributed by atoms with E-state index in [1.54, 1.807) is 18.7 Å². The zero-order valence-corrected chi connectivity index (χ0v) is 14.8. The highest BCUT2D eigenvalue weighted by atomic mass is 32.2. The maximum atomic E-state index is 12.8. The molecule has 0 aliphatic rings. The Hall–Kier alpha value is -2.34. The first-order valence-electron chi connectivity index (χ1n) is 7.77. The fourth-order valence-electron chi connectivity index (χ4n) is 2.53. The molecule has 6 heteroatoms. The summed E-state index contributed by atoms with van der Waals surface area (Å²) in [6.45, 7) is 2.43. The number of nitrogens with zero attached hydrogens (tertiary/aromatic N) is 3. The van der Waals surface area contributed by atoms with Crippen LogP contribution in [0.5, 0.6) is 0 Å². The predicted octanol–water partition coefficient (Wildman–Crippen LogP) is 2.75. The maximum Gasteiger partial charge on any atom is 0.262 e. The summed E-state index contributed by atoms with van der Waals surface area (Å²) >= 11 is 1.30. The van der Waals surface area contributed by atoms with Gasteiger partial charge in [0, 0.05) is 20.6 Å². The molecule has 0 unspecified atom stereocenters. The molecule has 0 spiro atoms. The minimum absolute atomic E-state index is 0.00416. The lowest BCUT2D eigenvalue weighted by molar-refractivity contribution is -0.125. The van der Waals surface area contributed by atoms with Gasteiger partial charge in [-0.1, -0.05) is 36.0 Å². The number of rotatable bonds is 4. The van der Waals surface area contributed by atoms with Gasteiger partial charge in [0.05, 0.1) is 16.7 Å². The number of amides is 1. The highest BCUT2D eigenvalue weighted by Gasteiger charge is 2.13. The minimum atomic E-state index is -0.0620. The van der Waals surface area contributed by atoms with Crippen LogP contribution in [0.15, 0.2) is 46.3 Å². The molecule has 0 atom stereocenters. The van der Waals surface area contributed by atoms with Crippen molar-refractivity contribution in [2.45, 2.75) is 18.6 Å². The second kappa shape index (κ2) is 6.65. The van der Waals surface area contributed by atoms with Crippen molar-refractivity contribution in [3.8, 4) is 0 Å². The molecule has 24 heavy (non-hydrogen) atoms. The Balaban J connectivity index is 2.13. The first-order chi connectivity index (χ1) is 11.5. The Labute approximate surface area is 144 Å². The van der Waals surface area contributed by atoms with Crippen LogP contribution >= 0.6 is 11.8 Å². The maximum absolute atomic E-state index is 12.8. The first kappa shape index (κ1) is 16.5. The molecule has 124 valence electrons. The van der Waals surface area contributed by atoms with E-state index in [4.69, 9.17) is 0 Å². The topological polar surface area (TPSA) is 55.2 Å². The van der Waals surface area contributed by atoms with Crippen LogP contribution in [-0.2, 0) is 11.3 Å². The van der Waals surface area contributed by atoms with Gasteiger partial charge < -0.3 is 4.90 Å². The Morgan fingerprint density at radius 1 is 1.21 bits per heavy atom. The van der Waals surface area contributed by atoms with Crippen molar-refractivity contribution >= 4 is 39.3 Å². The fourth-order valence-corrected chi connectivity index (χ4v) is 3.57. The van der Waals surface area contributed by atoms with Gasteiger partial charge in [-0.3, -0.25) is 14.2 Å². The molecular formula is C18H19N3O2S. The molecular weight excluding hydrogens is 322 g/mol. The van der Waals surface area contributed by atoms with E-state index >= 15 is 0 Å². The van der Waals surface area contributed by atoms with Gasteiger partial charge in [0.15, 0.2) is 5.16 Å². The lowest BCUT2D eigenvalue weighted by Gasteiger charge is -2.13. The number of carbonyl (C=O) groups excluding carboxylic acids is 1. The molecule has 2 aromatic carbocycles. The van der Waals surface area contributed by atoms with Crippen LogP contribution in [0.25, 0.3) is 21.7 Å². The summed E-state index contributed by atoms with van der Waals surface area (Å²) in [4.78, 5) is 30.8. The van der Waals surface area contributed by atoms with Crippen molar-refractivity contribution in [2.75, 3.05) is 19.8 Å². The third kappa shape index (κ3) is 3.01. The number of hydrogen-bond acceptors (Lipinski definition) is 4. The minimum Gasteiger partial charge on any atom is -0.348 e. The smallest absolute Gasteiger partial charge is 0.262 e. The van der Waals surface area contributed by atoms with Crippen LogP contribution in [0.2, 0.25) is 0 Å². The van der Waals surface area contributed by atoms with Crippen LogP contribution < -0.4 is 5.56 Å². The molecule has 1 heterocycles. The molecule has 0 saturated heterocycles. The second-order valence-electron chi connectivity index (χ2n) is 5.74. The number of hydrogen-bond donors (Lipinski definition) is 0. The predicted molar refractivity (Wildman–Crippen MR) is 98.6 cm³/mol. The quantitative estimate of drug-likeness (QED) is 0.416. The largest absolute Gasteiger partial charge is 0.348 e. The normalized spacial score (nSPS) is 11.1. The standard InChI is InChI=1S/C18H19N3O2S/c1-4-21-17(23)14-9-12-7-5-6-8-13(12)10-15(14)19-18(21)24-11-16(22)20(2)3/h5-10H,4,11H2,1-3H3. The van der Waals surface area contributed by atoms with Crippen LogP contribution in [0, 0.1) is 0 Å². The Bertz CT molecular complexity index is 979. The van der Waals surface area contributed by atoms with Gasteiger partial charge in [0.25, 0.3) is 5.56 Å². The van der Waals surface area contributed by atoms with E-state index in [-0.39, 0.29) is 17.2 Å². The van der Waals surface area contributed by atoms with Crippen molar-refractivity contribution in [3.63, 3.8) is 0 Å². The zero-order valence-electron chi connectivity index (χ0n) is 13.9. The van der Waals surface area contributed by atoms with Crippen LogP contribution in [-0.4, -0.2) is 40.2 Å². The Morgan fingerprint density at radius 3 is 2.50 bits per heavy atom. The lowest BCUT2D eigenvalue weighted by Crippen LogP contribution is -2.26. The zero-order chi connectivity index (χ0) is 17.3. The molecule has 3 rings (SSSR count). The summed E-state index contributed by atoms with van der Waals surface area (Å²) in [5.41, 5.74) is 0.608. The number of benzene rings is 2. The SMILES string of the molecule is CCn1c(SCC(=O)N(C)C)nc2cc3ccccc3cc2c1=O. The van der Waals surface area contributed by atoms with Gasteiger partial charge in [-0.25, -0.2) is 4.98 Å². The molecule has 0 N–H and O–H groups in total. The number of carbonyl (C=O) groups is 1. The Kier molecular flexibility index (Phi) is 4.57. The first-order valence-corrected chi connectivity index (χ1v) is 8.76. The van der Waals surface area contributed by atoms with Crippen molar-refractivity contribution in [2.24, 2.45) is 0 Å². The van der Waals surface area contributed by atoms with E-state index in [1.165, 1.54) is 16.7 Å². The van der Waals surface area contributed by atoms with Crippen LogP contribution in [0.4, 0.5) is 0 Å². The molecule has 0 bridgehead atoms. The molecule has 1 aromatic heterocycles. The molecule has 0 aliphatic heterocycles. The molecule has 0 aliphatic carbocycles. The summed E-state index contributed by atoms with van der Waals surface area (Å²) in [5.74, 6) is 0.258. The van der Waals surface area contributed by atoms with E-state index in [0.29, 0.717) is 22.6 Å². The monoisotopic (exact) mass is 341 g/mol. The van der Waals surface area contributed by atoms with Crippen molar-refractivity contribution < 1.29 is 4.79 Å². The van der Waals surface area contributed by atoms with Crippen molar-refractivity contribution in [3.05, 3.63) is 46.8 Å². The van der Waals surface area contributed by atoms with Crippen LogP contribution in [0.3, 0.4) is 0 Å². The highest BCUT2D eigenvalue weighted by molar-refractivity contribution is 7.99. The van der Waals surface area contributed by atoms with Crippen molar-refractivity contribution in [1.82, 2.24) is 14.5 Å². The molecule has 1 amide bonds. The molecule has 5 nitrogen and oxygen atoms in total. The number of fused-ring (bicyclic) bond motifs is 2. The third-order valence-electron chi connectivity index (χ3n) is 3.93. The van der Waals surface area contributed by atoms with E-state index < -0.39 is 0 Å². The summed E-state index contributed by atoms with van der Waals surface area (Å²) in [6.07, 6.45) is 0. The summed E-state index contributed by atoms with van der Waals surface area (Å²) in [6, 6.07) is 11.7. The molecule has 0 radical (unpaired) electrons. The van der Waals surface area contributed by atoms with Gasteiger partial charge in [0.1, 0.15) is 0 Å². The van der Waals surface area contributed by atoms with Gasteiger partial charge >= 0.3 is 0 Å². The summed E-state index contributed by atoms with van der Waals surface area (Å²) in [5, 5.41) is 3.26. The van der Waals surface area contributed by atoms with Crippen molar-refractivity contribution in [1.29, 1.82) is 0 Å². The van der Waals surface area contributed by atoms with Gasteiger partial charge in [0.2, 0.25) is 5.91 Å². The average molecular weight is 341 g/mol. The van der Waals surface area contributed by atoms with E-state index in [0.717, 1.165) is 10.8 Å². The van der Waals surface area contributed by atoms with Gasteiger partial charge in [-0.15, -0.1) is 0 Å². The summed E-state index contributed by atoms with van der Waals surface area (Å²) in [7, 11) is 3.44. The molecule has 3 aromatic rings. The average Bonchev–Trinajstić information content (AvgIpc) is 2.58. The lowest BCUT2D eigenvalue weighted by atomic mass is 10.1. The van der Waals surface area contributed by atoms with Gasteiger partial charge in [-0.2, -0.15) is 0 Å². The van der Waals surface area contributed by atoms with Crippen LogP contribution in [0.1, 0.15) is 6.92 Å². The molecule has 0 saturated carbocycles. The van der Waals surface area contributed by atoms with Gasteiger partial charge in [-0.05, 0) is 29.8 Å². The third-order valence-corrected chi connectivity index (χ3v) is 4.89. The summed E-state index contributed by atoms with van der Waals surface area (Å²) < 4.78 is 1.63. The second-order valence-corrected chi connectivity index (χ2v) is 6.68. The Morgan fingerprint density at radius 2 is 1.88 bits per heavy atom. The van der Waals surface area contributed by atoms with E-state index in [1.807, 2.05) is 43.3 Å².